The second kappa shape index (κ2) is 7.27. The molecule has 0 bridgehead atoms. The Morgan fingerprint density at radius 3 is 2.72 bits per heavy atom. The third kappa shape index (κ3) is 3.62. The van der Waals surface area contributed by atoms with Crippen molar-refractivity contribution in [1.29, 1.82) is 0 Å². The lowest BCUT2D eigenvalue weighted by Crippen LogP contribution is -2.36. The fraction of sp³-hybridized carbons (Fsp3) is 0.136. The van der Waals surface area contributed by atoms with Crippen molar-refractivity contribution in [2.75, 3.05) is 12.5 Å². The number of nitrogens with zero attached hydrogens (tertiary/aromatic N) is 3. The standard InChI is InChI=1S/C22H20N4O3/c1-13-9-20(18-12-17(29-3)7-8-19(18)23-13)25-26-14(2)24-21(22(26)28)11-15-5-4-6-16(27)10-15/h4-12,27H,1-3H3,(H,23,25)/b21-11+. The number of carbonyl (C=O) groups is 1. The Balaban J connectivity index is 1.68. The van der Waals surface area contributed by atoms with Crippen molar-refractivity contribution in [2.45, 2.75) is 13.8 Å². The van der Waals surface area contributed by atoms with Crippen molar-refractivity contribution in [3.8, 4) is 11.5 Å². The first-order chi connectivity index (χ1) is 13.9. The molecule has 0 saturated heterocycles. The number of pyridine rings is 1. The lowest BCUT2D eigenvalue weighted by molar-refractivity contribution is -0.121. The lowest BCUT2D eigenvalue weighted by atomic mass is 10.1. The largest absolute Gasteiger partial charge is 0.508 e. The minimum absolute atomic E-state index is 0.133. The van der Waals surface area contributed by atoms with E-state index >= 15 is 0 Å². The number of amidine groups is 1. The molecule has 0 radical (unpaired) electrons. The van der Waals surface area contributed by atoms with Crippen LogP contribution >= 0.6 is 0 Å². The molecule has 4 rings (SSSR count). The number of rotatable bonds is 4. The number of aryl methyl sites for hydroxylation is 1. The Bertz CT molecular complexity index is 1180. The van der Waals surface area contributed by atoms with Crippen molar-refractivity contribution < 1.29 is 14.6 Å². The van der Waals surface area contributed by atoms with E-state index in [2.05, 4.69) is 15.4 Å². The normalized spacial score (nSPS) is 15.1. The van der Waals surface area contributed by atoms with Gasteiger partial charge in [-0.2, -0.15) is 0 Å². The molecular weight excluding hydrogens is 368 g/mol. The minimum Gasteiger partial charge on any atom is -0.508 e. The number of aliphatic imine (C=N–C) groups is 1. The molecule has 1 aliphatic rings. The first kappa shape index (κ1) is 18.5. The first-order valence-electron chi connectivity index (χ1n) is 9.07. The van der Waals surface area contributed by atoms with Gasteiger partial charge in [-0.1, -0.05) is 12.1 Å². The summed E-state index contributed by atoms with van der Waals surface area (Å²) < 4.78 is 5.32. The molecule has 2 N–H and O–H groups in total. The quantitative estimate of drug-likeness (QED) is 0.662. The van der Waals surface area contributed by atoms with Crippen LogP contribution in [0.4, 0.5) is 5.69 Å². The maximum absolute atomic E-state index is 12.9. The maximum Gasteiger partial charge on any atom is 0.296 e. The van der Waals surface area contributed by atoms with E-state index in [9.17, 15) is 9.90 Å². The Morgan fingerprint density at radius 1 is 1.14 bits per heavy atom. The number of phenolic OH excluding ortho intramolecular Hbond substituents is 1. The zero-order valence-electron chi connectivity index (χ0n) is 16.3. The third-order valence-electron chi connectivity index (χ3n) is 4.58. The predicted molar refractivity (Wildman–Crippen MR) is 113 cm³/mol. The summed E-state index contributed by atoms with van der Waals surface area (Å²) in [6, 6.07) is 14.1. The summed E-state index contributed by atoms with van der Waals surface area (Å²) in [4.78, 5) is 21.8. The molecule has 0 aliphatic carbocycles. The van der Waals surface area contributed by atoms with Crippen LogP contribution in [-0.4, -0.2) is 34.0 Å². The maximum atomic E-state index is 12.9. The molecule has 0 fully saturated rings. The summed E-state index contributed by atoms with van der Waals surface area (Å²) in [6.45, 7) is 3.65. The number of hydrogen-bond acceptors (Lipinski definition) is 6. The van der Waals surface area contributed by atoms with E-state index in [0.29, 0.717) is 17.1 Å². The van der Waals surface area contributed by atoms with Gasteiger partial charge in [-0.3, -0.25) is 15.2 Å². The van der Waals surface area contributed by atoms with Crippen molar-refractivity contribution >= 4 is 34.4 Å². The third-order valence-corrected chi connectivity index (χ3v) is 4.58. The van der Waals surface area contributed by atoms with Gasteiger partial charge in [0.1, 0.15) is 23.0 Å². The fourth-order valence-electron chi connectivity index (χ4n) is 3.21. The monoisotopic (exact) mass is 388 g/mol. The number of aromatic nitrogens is 1. The van der Waals surface area contributed by atoms with Gasteiger partial charge in [0, 0.05) is 11.1 Å². The van der Waals surface area contributed by atoms with Crippen molar-refractivity contribution in [3.05, 3.63) is 65.5 Å². The number of amides is 1. The molecule has 2 aromatic carbocycles. The average molecular weight is 388 g/mol. The second-order valence-corrected chi connectivity index (χ2v) is 6.73. The number of aromatic hydroxyl groups is 1. The number of nitrogens with one attached hydrogen (secondary N) is 1. The molecule has 146 valence electrons. The smallest absolute Gasteiger partial charge is 0.296 e. The van der Waals surface area contributed by atoms with E-state index < -0.39 is 0 Å². The number of methoxy groups -OCH3 is 1. The Kier molecular flexibility index (Phi) is 4.64. The predicted octanol–water partition coefficient (Wildman–Crippen LogP) is 3.89. The molecular formula is C22H20N4O3. The number of ether oxygens (including phenoxy) is 1. The van der Waals surface area contributed by atoms with Crippen LogP contribution in [0, 0.1) is 6.92 Å². The number of phenols is 1. The number of fused-ring (bicyclic) bond motifs is 1. The van der Waals surface area contributed by atoms with Crippen LogP contribution < -0.4 is 10.2 Å². The lowest BCUT2D eigenvalue weighted by Gasteiger charge is -2.20. The summed E-state index contributed by atoms with van der Waals surface area (Å²) in [5.41, 5.74) is 6.50. The molecule has 0 unspecified atom stereocenters. The van der Waals surface area contributed by atoms with Gasteiger partial charge in [0.05, 0.1) is 18.3 Å². The van der Waals surface area contributed by atoms with Crippen molar-refractivity contribution in [2.24, 2.45) is 4.99 Å². The Labute approximate surface area is 167 Å². The highest BCUT2D eigenvalue weighted by Gasteiger charge is 2.28. The molecule has 1 amide bonds. The van der Waals surface area contributed by atoms with Crippen LogP contribution in [0.15, 0.2) is 59.2 Å². The van der Waals surface area contributed by atoms with Gasteiger partial charge < -0.3 is 9.84 Å². The molecule has 7 nitrogen and oxygen atoms in total. The highest BCUT2D eigenvalue weighted by molar-refractivity contribution is 6.14. The van der Waals surface area contributed by atoms with E-state index in [-0.39, 0.29) is 17.4 Å². The van der Waals surface area contributed by atoms with Crippen molar-refractivity contribution in [1.82, 2.24) is 9.99 Å². The van der Waals surface area contributed by atoms with Crippen LogP contribution in [0.5, 0.6) is 11.5 Å². The zero-order valence-corrected chi connectivity index (χ0v) is 16.3. The molecule has 1 aromatic heterocycles. The SMILES string of the molecule is COc1ccc2nc(C)cc(NN3C(=O)/C(=C\c4cccc(O)c4)N=C3C)c2c1. The fourth-order valence-corrected chi connectivity index (χ4v) is 3.21. The van der Waals surface area contributed by atoms with Gasteiger partial charge in [-0.05, 0) is 61.9 Å². The Morgan fingerprint density at radius 2 is 1.97 bits per heavy atom. The van der Waals surface area contributed by atoms with Crippen molar-refractivity contribution in [3.63, 3.8) is 0 Å². The molecule has 3 aromatic rings. The summed E-state index contributed by atoms with van der Waals surface area (Å²) in [5, 5.41) is 11.9. The molecule has 29 heavy (non-hydrogen) atoms. The first-order valence-corrected chi connectivity index (χ1v) is 9.07. The summed E-state index contributed by atoms with van der Waals surface area (Å²) in [6.07, 6.45) is 1.65. The van der Waals surface area contributed by atoms with Crippen LogP contribution in [0.25, 0.3) is 17.0 Å². The summed E-state index contributed by atoms with van der Waals surface area (Å²) in [7, 11) is 1.61. The van der Waals surface area contributed by atoms with Gasteiger partial charge in [0.15, 0.2) is 0 Å². The van der Waals surface area contributed by atoms with Gasteiger partial charge >= 0.3 is 0 Å². The highest BCUT2D eigenvalue weighted by atomic mass is 16.5. The zero-order chi connectivity index (χ0) is 20.5. The minimum atomic E-state index is -0.281. The number of carbonyl (C=O) groups excluding carboxylic acids is 1. The van der Waals surface area contributed by atoms with E-state index in [1.807, 2.05) is 31.2 Å². The number of anilines is 1. The highest BCUT2D eigenvalue weighted by Crippen LogP contribution is 2.29. The summed E-state index contributed by atoms with van der Waals surface area (Å²) >= 11 is 0. The van der Waals surface area contributed by atoms with Crippen LogP contribution in [0.2, 0.25) is 0 Å². The van der Waals surface area contributed by atoms with E-state index in [0.717, 1.165) is 22.3 Å². The van der Waals surface area contributed by atoms with E-state index in [1.165, 1.54) is 5.01 Å². The topological polar surface area (TPSA) is 87.0 Å². The molecule has 2 heterocycles. The Hall–Kier alpha value is -3.87. The average Bonchev–Trinajstić information content (AvgIpc) is 2.95. The molecule has 7 heteroatoms. The second-order valence-electron chi connectivity index (χ2n) is 6.73. The summed E-state index contributed by atoms with van der Waals surface area (Å²) in [5.74, 6) is 1.07. The van der Waals surface area contributed by atoms with Crippen LogP contribution in [-0.2, 0) is 4.79 Å². The van der Waals surface area contributed by atoms with E-state index in [4.69, 9.17) is 4.74 Å². The molecule has 1 aliphatic heterocycles. The van der Waals surface area contributed by atoms with E-state index in [1.54, 1.807) is 44.4 Å². The van der Waals surface area contributed by atoms with Crippen LogP contribution in [0.3, 0.4) is 0 Å². The van der Waals surface area contributed by atoms with Gasteiger partial charge in [0.2, 0.25) is 0 Å². The molecule has 0 spiro atoms. The van der Waals surface area contributed by atoms with Crippen LogP contribution in [0.1, 0.15) is 18.2 Å². The van der Waals surface area contributed by atoms with Gasteiger partial charge in [-0.15, -0.1) is 0 Å². The molecule has 0 atom stereocenters. The molecule has 0 saturated carbocycles. The van der Waals surface area contributed by atoms with Gasteiger partial charge in [-0.25, -0.2) is 10.0 Å². The number of hydrogen-bond donors (Lipinski definition) is 2. The van der Waals surface area contributed by atoms with Gasteiger partial charge in [0.25, 0.3) is 5.91 Å². The number of hydrazine groups is 1. The number of benzene rings is 2.